The van der Waals surface area contributed by atoms with E-state index in [2.05, 4.69) is 31.2 Å². The molecule has 2 unspecified atom stereocenters. The topological polar surface area (TPSA) is 20.2 Å². The van der Waals surface area contributed by atoms with E-state index >= 15 is 0 Å². The van der Waals surface area contributed by atoms with E-state index < -0.39 is 16.9 Å². The number of fused-ring (bicyclic) bond motifs is 1. The molecule has 29 aromatic rings. The van der Waals surface area contributed by atoms with Crippen LogP contribution in [0.4, 0.5) is 0 Å². The van der Waals surface area contributed by atoms with Gasteiger partial charge in [-0.1, -0.05) is 31.2 Å². The van der Waals surface area contributed by atoms with Gasteiger partial charge in [0, 0.05) is 5.41 Å². The summed E-state index contributed by atoms with van der Waals surface area (Å²) >= 11 is 0. The second kappa shape index (κ2) is 5.75. The maximum Gasteiger partial charge on any atom is 0.0943 e. The van der Waals surface area contributed by atoms with Crippen molar-refractivity contribution >= 4 is 291 Å². The minimum absolute atomic E-state index is 0.142. The maximum atomic E-state index is 14.8. The molecule has 5 aliphatic carbocycles. The van der Waals surface area contributed by atoms with Crippen LogP contribution < -0.4 is 0 Å². The van der Waals surface area contributed by atoms with Crippen LogP contribution in [0.2, 0.25) is 0 Å². The van der Waals surface area contributed by atoms with Crippen LogP contribution in [0.1, 0.15) is 52.3 Å². The smallest absolute Gasteiger partial charge is 0.0943 e. The standard InChI is InChI=1S/C69H10O/c1-6-7-4-2-3-5-8(7)67(70)69-65-59-53-43-35-25-17-13-10-9-11-15(17)23-31(25)45(53)51-41-33(23)27-19(11)20-12(9)16-18-14(10)22-21(13)29(35)39-40-30(22)36-26(18)32-24(16)34-28(20)38-37(27)47(41)55-56-48(38)42(34)52-46(32)54-44(36)50(40)62(61(65)49(39)43)66(69)60(54)58(52)64(56)68(6,69)63(55)57(51)59/h2-6,67,70H,1H3. The van der Waals surface area contributed by atoms with Crippen molar-refractivity contribution in [2.45, 2.75) is 29.8 Å². The fraction of sp³-hybridized carbons (Fsp3) is 0.0725. The van der Waals surface area contributed by atoms with Crippen molar-refractivity contribution in [2.75, 3.05) is 0 Å². The lowest BCUT2D eigenvalue weighted by molar-refractivity contribution is 0.0425. The molecule has 5 aliphatic rings. The third-order valence-electron chi connectivity index (χ3n) is 26.3. The lowest BCUT2D eigenvalue weighted by atomic mass is 9.39. The zero-order chi connectivity index (χ0) is 41.6. The minimum atomic E-state index is -0.698. The van der Waals surface area contributed by atoms with Gasteiger partial charge in [-0.2, -0.15) is 0 Å². The van der Waals surface area contributed by atoms with E-state index in [1.54, 1.807) is 313 Å². The van der Waals surface area contributed by atoms with Gasteiger partial charge in [0.25, 0.3) is 0 Å². The van der Waals surface area contributed by atoms with E-state index in [-0.39, 0.29) is 5.92 Å². The molecule has 29 aromatic carbocycles. The van der Waals surface area contributed by atoms with Crippen LogP contribution in [0, 0.1) is 0 Å². The molecule has 0 saturated carbocycles. The summed E-state index contributed by atoms with van der Waals surface area (Å²) in [6.45, 7) is 2.66. The number of benzene rings is 19. The molecule has 70 heavy (non-hydrogen) atoms. The second-order valence-electron chi connectivity index (χ2n) is 26.1. The van der Waals surface area contributed by atoms with Gasteiger partial charge >= 0.3 is 0 Å². The molecule has 1 N–H and O–H groups in total. The van der Waals surface area contributed by atoms with Crippen molar-refractivity contribution in [1.29, 1.82) is 0 Å². The first-order valence-corrected chi connectivity index (χ1v) is 26.3. The molecule has 0 fully saturated rings. The first kappa shape index (κ1) is 25.8. The molecular formula is C69H10O. The highest BCUT2D eigenvalue weighted by atomic mass is 16.3. The highest BCUT2D eigenvalue weighted by molar-refractivity contribution is 6.82. The van der Waals surface area contributed by atoms with E-state index in [0.29, 0.717) is 0 Å². The Hall–Kier alpha value is -8.36. The van der Waals surface area contributed by atoms with E-state index in [9.17, 15) is 5.11 Å². The second-order valence-corrected chi connectivity index (χ2v) is 26.1. The predicted molar refractivity (Wildman–Crippen MR) is 294 cm³/mol. The Morgan fingerprint density at radius 2 is 0.386 bits per heavy atom. The number of aliphatic hydroxyl groups excluding tert-OH is 1. The van der Waals surface area contributed by atoms with E-state index in [1.807, 2.05) is 0 Å². The largest absolute Gasteiger partial charge is 0.387 e. The van der Waals surface area contributed by atoms with Crippen molar-refractivity contribution < 1.29 is 5.11 Å². The van der Waals surface area contributed by atoms with Gasteiger partial charge in [0.05, 0.1) is 11.5 Å². The highest BCUT2D eigenvalue weighted by Crippen LogP contribution is 2.87. The maximum absolute atomic E-state index is 14.8. The number of aliphatic hydroxyl groups is 1. The summed E-state index contributed by atoms with van der Waals surface area (Å²) in [5.41, 5.74) is 7.76. The summed E-state index contributed by atoms with van der Waals surface area (Å²) < 4.78 is 0. The molecule has 1 nitrogen and oxygen atoms in total. The molecule has 0 amide bonds. The summed E-state index contributed by atoms with van der Waals surface area (Å²) in [5.74, 6) is 0.142. The molecule has 2 spiro atoms. The monoisotopic (exact) mass is 854 g/mol. The van der Waals surface area contributed by atoms with Gasteiger partial charge in [0.15, 0.2) is 0 Å². The summed E-state index contributed by atoms with van der Waals surface area (Å²) in [6.07, 6.45) is -0.698. The van der Waals surface area contributed by atoms with Crippen molar-refractivity contribution in [3.05, 3.63) is 57.6 Å². The lowest BCUT2D eigenvalue weighted by Gasteiger charge is -2.62. The highest BCUT2D eigenvalue weighted by Gasteiger charge is 2.75. The third kappa shape index (κ3) is 1.31. The van der Waals surface area contributed by atoms with Crippen LogP contribution in [-0.2, 0) is 10.8 Å². The van der Waals surface area contributed by atoms with Crippen molar-refractivity contribution in [3.63, 3.8) is 0 Å². The Morgan fingerprint density at radius 1 is 0.229 bits per heavy atom. The van der Waals surface area contributed by atoms with Crippen LogP contribution in [0.3, 0.4) is 0 Å². The number of hydrogen-bond donors (Lipinski definition) is 1. The zero-order valence-electron chi connectivity index (χ0n) is 35.9. The Balaban J connectivity index is 1.21. The molecule has 0 aliphatic heterocycles. The van der Waals surface area contributed by atoms with Gasteiger partial charge in [-0.3, -0.25) is 0 Å². The van der Waals surface area contributed by atoms with Crippen molar-refractivity contribution in [2.24, 2.45) is 0 Å². The minimum Gasteiger partial charge on any atom is -0.387 e. The summed E-state index contributed by atoms with van der Waals surface area (Å²) in [4.78, 5) is 0. The average molecular weight is 855 g/mol. The fourth-order valence-electron chi connectivity index (χ4n) is 26.3. The molecule has 0 heterocycles. The average Bonchev–Trinajstić information content (AvgIpc) is 4.29. The fourth-order valence-corrected chi connectivity index (χ4v) is 26.3. The third-order valence-corrected chi connectivity index (χ3v) is 26.3. The van der Waals surface area contributed by atoms with Gasteiger partial charge in [0.1, 0.15) is 0 Å². The molecule has 0 radical (unpaired) electrons. The molecule has 2 atom stereocenters. The van der Waals surface area contributed by atoms with Crippen LogP contribution in [-0.4, -0.2) is 5.11 Å². The molecular weight excluding hydrogens is 845 g/mol. The zero-order valence-corrected chi connectivity index (χ0v) is 35.9. The molecule has 0 saturated heterocycles. The molecule has 292 valence electrons. The Labute approximate surface area is 381 Å². The molecule has 0 bridgehead atoms. The summed E-state index contributed by atoms with van der Waals surface area (Å²) in [6, 6.07) is 9.35. The lowest BCUT2D eigenvalue weighted by Crippen LogP contribution is -2.60. The Kier molecular flexibility index (Phi) is 2.12. The first-order valence-electron chi connectivity index (χ1n) is 26.3. The van der Waals surface area contributed by atoms with Gasteiger partial charge in [0.2, 0.25) is 0 Å². The molecule has 1 heteroatoms. The Bertz CT molecular complexity index is 6810. The first-order chi connectivity index (χ1) is 34.8. The molecule has 34 rings (SSSR count). The van der Waals surface area contributed by atoms with Gasteiger partial charge in [-0.15, -0.1) is 0 Å². The van der Waals surface area contributed by atoms with Gasteiger partial charge in [-0.05, 0) is 330 Å². The van der Waals surface area contributed by atoms with E-state index in [0.717, 1.165) is 0 Å². The van der Waals surface area contributed by atoms with Crippen LogP contribution in [0.25, 0.3) is 291 Å². The van der Waals surface area contributed by atoms with Crippen molar-refractivity contribution in [3.8, 4) is 0 Å². The SMILES string of the molecule is CC1c2ccccc2C(O)C23c4c5c6c7c8c9c(c%10c%11c2c2c4c4c%12c5c5c6c6c8c8c%13c9c9c%10c%10c%11c%11c2c2c4c4c%12c%12c5c5c6c8c6c8c%13c9c9c%10c%10c%11c2c2c4c4c%12c5c6c5c8c9c%10c2c45)C713. The number of hydrogen-bond acceptors (Lipinski definition) is 1. The van der Waals surface area contributed by atoms with Crippen LogP contribution in [0.15, 0.2) is 24.3 Å². The number of rotatable bonds is 0. The van der Waals surface area contributed by atoms with E-state index in [1.165, 1.54) is 11.1 Å². The predicted octanol–water partition coefficient (Wildman–Crippen LogP) is 18.1. The van der Waals surface area contributed by atoms with Crippen molar-refractivity contribution in [1.82, 2.24) is 0 Å². The molecule has 0 aromatic heterocycles. The summed E-state index contributed by atoms with van der Waals surface area (Å²) in [7, 11) is 0. The van der Waals surface area contributed by atoms with Gasteiger partial charge in [-0.25, -0.2) is 0 Å². The summed E-state index contributed by atoms with van der Waals surface area (Å²) in [5, 5.41) is 102. The van der Waals surface area contributed by atoms with Crippen LogP contribution in [0.5, 0.6) is 0 Å². The van der Waals surface area contributed by atoms with Gasteiger partial charge < -0.3 is 5.11 Å². The normalized spacial score (nSPS) is 24.5. The Morgan fingerprint density at radius 3 is 0.586 bits per heavy atom. The van der Waals surface area contributed by atoms with Crippen LogP contribution >= 0.6 is 0 Å². The van der Waals surface area contributed by atoms with E-state index in [4.69, 9.17) is 0 Å². The quantitative estimate of drug-likeness (QED) is 0.151.